The molecule has 3 atom stereocenters. The molecule has 0 bridgehead atoms. The van der Waals surface area contributed by atoms with Crippen molar-refractivity contribution in [2.24, 2.45) is 11.8 Å². The summed E-state index contributed by atoms with van der Waals surface area (Å²) in [7, 11) is 0. The van der Waals surface area contributed by atoms with E-state index in [9.17, 15) is 0 Å². The highest BCUT2D eigenvalue weighted by atomic mass is 15.2. The highest BCUT2D eigenvalue weighted by Crippen LogP contribution is 2.31. The minimum absolute atomic E-state index is 0.701. The minimum atomic E-state index is 0.701. The van der Waals surface area contributed by atoms with Crippen molar-refractivity contribution in [3.8, 4) is 0 Å². The van der Waals surface area contributed by atoms with E-state index in [-0.39, 0.29) is 0 Å². The van der Waals surface area contributed by atoms with E-state index in [1.165, 1.54) is 58.2 Å². The molecule has 1 saturated carbocycles. The Bertz CT molecular complexity index is 239. The van der Waals surface area contributed by atoms with Gasteiger partial charge in [-0.25, -0.2) is 0 Å². The van der Waals surface area contributed by atoms with E-state index >= 15 is 0 Å². The number of hydrogen-bond acceptors (Lipinski definition) is 2. The molecule has 1 heterocycles. The molecular weight excluding hydrogens is 220 g/mol. The molecule has 106 valence electrons. The average molecular weight is 252 g/mol. The third-order valence-corrected chi connectivity index (χ3v) is 5.13. The Labute approximate surface area is 114 Å². The van der Waals surface area contributed by atoms with Gasteiger partial charge in [0, 0.05) is 18.6 Å². The van der Waals surface area contributed by atoms with E-state index < -0.39 is 0 Å². The first kappa shape index (κ1) is 14.3. The second-order valence-electron chi connectivity index (χ2n) is 6.67. The van der Waals surface area contributed by atoms with E-state index in [0.717, 1.165) is 17.9 Å². The lowest BCUT2D eigenvalue weighted by atomic mass is 9.81. The van der Waals surface area contributed by atoms with Crippen molar-refractivity contribution < 1.29 is 0 Å². The zero-order valence-electron chi connectivity index (χ0n) is 12.6. The van der Waals surface area contributed by atoms with Crippen molar-refractivity contribution in [2.75, 3.05) is 19.6 Å². The maximum absolute atomic E-state index is 3.74. The molecule has 2 rings (SSSR count). The lowest BCUT2D eigenvalue weighted by Gasteiger charge is -2.40. The molecular formula is C16H32N2. The first-order valence-electron chi connectivity index (χ1n) is 8.19. The summed E-state index contributed by atoms with van der Waals surface area (Å²) in [6, 6.07) is 1.58. The van der Waals surface area contributed by atoms with Crippen LogP contribution in [0, 0.1) is 11.8 Å². The van der Waals surface area contributed by atoms with Gasteiger partial charge in [0.25, 0.3) is 0 Å². The van der Waals surface area contributed by atoms with Gasteiger partial charge in [0.1, 0.15) is 0 Å². The van der Waals surface area contributed by atoms with E-state index in [4.69, 9.17) is 0 Å². The maximum Gasteiger partial charge on any atom is 0.0218 e. The zero-order valence-corrected chi connectivity index (χ0v) is 12.6. The maximum atomic E-state index is 3.74. The van der Waals surface area contributed by atoms with E-state index in [0.29, 0.717) is 6.04 Å². The molecule has 3 unspecified atom stereocenters. The molecule has 1 N–H and O–H groups in total. The molecule has 0 amide bonds. The Balaban J connectivity index is 2.00. The summed E-state index contributed by atoms with van der Waals surface area (Å²) in [6.07, 6.45) is 8.55. The number of nitrogens with zero attached hydrogens (tertiary/aromatic N) is 1. The summed E-state index contributed by atoms with van der Waals surface area (Å²) in [5.41, 5.74) is 0. The number of rotatable bonds is 3. The highest BCUT2D eigenvalue weighted by Gasteiger charge is 2.31. The Kier molecular flexibility index (Phi) is 5.50. The first-order chi connectivity index (χ1) is 8.72. The van der Waals surface area contributed by atoms with Crippen molar-refractivity contribution in [1.82, 2.24) is 10.2 Å². The predicted molar refractivity (Wildman–Crippen MR) is 78.9 cm³/mol. The van der Waals surface area contributed by atoms with Gasteiger partial charge in [-0.3, -0.25) is 4.90 Å². The van der Waals surface area contributed by atoms with Gasteiger partial charge >= 0.3 is 0 Å². The van der Waals surface area contributed by atoms with Crippen LogP contribution in [0.15, 0.2) is 0 Å². The molecule has 0 aromatic heterocycles. The fourth-order valence-electron chi connectivity index (χ4n) is 3.87. The Morgan fingerprint density at radius 2 is 1.94 bits per heavy atom. The fraction of sp³-hybridized carbons (Fsp3) is 1.00. The van der Waals surface area contributed by atoms with E-state index in [1.807, 2.05) is 0 Å². The largest absolute Gasteiger partial charge is 0.312 e. The molecule has 2 heteroatoms. The van der Waals surface area contributed by atoms with Crippen molar-refractivity contribution >= 4 is 0 Å². The first-order valence-corrected chi connectivity index (χ1v) is 8.19. The van der Waals surface area contributed by atoms with Gasteiger partial charge in [0.05, 0.1) is 0 Å². The van der Waals surface area contributed by atoms with Crippen LogP contribution in [0.2, 0.25) is 0 Å². The third kappa shape index (κ3) is 3.48. The smallest absolute Gasteiger partial charge is 0.0218 e. The zero-order chi connectivity index (χ0) is 13.0. The monoisotopic (exact) mass is 252 g/mol. The average Bonchev–Trinajstić information content (AvgIpc) is 2.64. The molecule has 0 radical (unpaired) electrons. The lowest BCUT2D eigenvalue weighted by molar-refractivity contribution is 0.0942. The van der Waals surface area contributed by atoms with Gasteiger partial charge in [-0.05, 0) is 44.2 Å². The Morgan fingerprint density at radius 1 is 1.17 bits per heavy atom. The van der Waals surface area contributed by atoms with Crippen LogP contribution >= 0.6 is 0 Å². The molecule has 18 heavy (non-hydrogen) atoms. The van der Waals surface area contributed by atoms with Crippen LogP contribution in [0.3, 0.4) is 0 Å². The van der Waals surface area contributed by atoms with Gasteiger partial charge in [0.2, 0.25) is 0 Å². The van der Waals surface area contributed by atoms with Crippen LogP contribution in [0.4, 0.5) is 0 Å². The van der Waals surface area contributed by atoms with Crippen LogP contribution in [-0.4, -0.2) is 36.6 Å². The van der Waals surface area contributed by atoms with Gasteiger partial charge < -0.3 is 5.32 Å². The van der Waals surface area contributed by atoms with Crippen LogP contribution in [0.1, 0.15) is 59.3 Å². The van der Waals surface area contributed by atoms with Crippen LogP contribution in [0.5, 0.6) is 0 Å². The quantitative estimate of drug-likeness (QED) is 0.829. The summed E-state index contributed by atoms with van der Waals surface area (Å²) in [5.74, 6) is 1.72. The molecule has 2 aliphatic rings. The van der Waals surface area contributed by atoms with Gasteiger partial charge in [-0.1, -0.05) is 40.0 Å². The second-order valence-corrected chi connectivity index (χ2v) is 6.67. The van der Waals surface area contributed by atoms with Gasteiger partial charge in [0.15, 0.2) is 0 Å². The summed E-state index contributed by atoms with van der Waals surface area (Å²) < 4.78 is 0. The van der Waals surface area contributed by atoms with E-state index in [1.54, 1.807) is 0 Å². The molecule has 0 spiro atoms. The molecule has 1 saturated heterocycles. The standard InChI is InChI=1S/C16H32N2/c1-4-14-8-5-6-9-16(14)18-11-7-10-17-15(12-18)13(2)3/h13-17H,4-12H2,1-3H3. The second kappa shape index (κ2) is 6.91. The van der Waals surface area contributed by atoms with Crippen molar-refractivity contribution in [3.63, 3.8) is 0 Å². The number of nitrogens with one attached hydrogen (secondary N) is 1. The summed E-state index contributed by atoms with van der Waals surface area (Å²) in [5, 5.41) is 3.74. The predicted octanol–water partition coefficient (Wildman–Crippen LogP) is 3.28. The molecule has 0 aromatic carbocycles. The summed E-state index contributed by atoms with van der Waals surface area (Å²) in [6.45, 7) is 10.9. The summed E-state index contributed by atoms with van der Waals surface area (Å²) in [4.78, 5) is 2.83. The lowest BCUT2D eigenvalue weighted by Crippen LogP contribution is -2.48. The Morgan fingerprint density at radius 3 is 2.67 bits per heavy atom. The van der Waals surface area contributed by atoms with Crippen molar-refractivity contribution in [1.29, 1.82) is 0 Å². The van der Waals surface area contributed by atoms with Crippen molar-refractivity contribution in [2.45, 2.75) is 71.4 Å². The normalized spacial score (nSPS) is 35.7. The summed E-state index contributed by atoms with van der Waals surface area (Å²) >= 11 is 0. The van der Waals surface area contributed by atoms with Crippen LogP contribution in [0.25, 0.3) is 0 Å². The molecule has 1 aliphatic heterocycles. The SMILES string of the molecule is CCC1CCCCC1N1CCCNC(C(C)C)C1. The molecule has 2 fully saturated rings. The topological polar surface area (TPSA) is 15.3 Å². The fourth-order valence-corrected chi connectivity index (χ4v) is 3.87. The van der Waals surface area contributed by atoms with Gasteiger partial charge in [-0.2, -0.15) is 0 Å². The molecule has 0 aromatic rings. The minimum Gasteiger partial charge on any atom is -0.312 e. The van der Waals surface area contributed by atoms with E-state index in [2.05, 4.69) is 31.0 Å². The van der Waals surface area contributed by atoms with Crippen LogP contribution < -0.4 is 5.32 Å². The molecule has 1 aliphatic carbocycles. The van der Waals surface area contributed by atoms with Crippen molar-refractivity contribution in [3.05, 3.63) is 0 Å². The molecule has 2 nitrogen and oxygen atoms in total. The Hall–Kier alpha value is -0.0800. The van der Waals surface area contributed by atoms with Crippen LogP contribution in [-0.2, 0) is 0 Å². The third-order valence-electron chi connectivity index (χ3n) is 5.13. The van der Waals surface area contributed by atoms with Gasteiger partial charge in [-0.15, -0.1) is 0 Å². The number of hydrogen-bond donors (Lipinski definition) is 1. The highest BCUT2D eigenvalue weighted by molar-refractivity contribution is 4.87.